The van der Waals surface area contributed by atoms with E-state index in [1.807, 2.05) is 34.6 Å². The fourth-order valence-corrected chi connectivity index (χ4v) is 6.55. The third-order valence-electron chi connectivity index (χ3n) is 10.4. The van der Waals surface area contributed by atoms with Gasteiger partial charge in [-0.05, 0) is 67.1 Å². The van der Waals surface area contributed by atoms with Gasteiger partial charge in [0.15, 0.2) is 0 Å². The third-order valence-corrected chi connectivity index (χ3v) is 10.4. The van der Waals surface area contributed by atoms with Crippen molar-refractivity contribution in [1.29, 1.82) is 0 Å². The lowest BCUT2D eigenvalue weighted by Crippen LogP contribution is -2.56. The minimum atomic E-state index is -1.08. The van der Waals surface area contributed by atoms with Crippen molar-refractivity contribution in [3.8, 4) is 0 Å². The molecule has 0 aromatic carbocycles. The summed E-state index contributed by atoms with van der Waals surface area (Å²) < 4.78 is 5.38. The first kappa shape index (κ1) is 41.0. The summed E-state index contributed by atoms with van der Waals surface area (Å²) in [7, 11) is 0. The second-order valence-electron chi connectivity index (χ2n) is 16.5. The summed E-state index contributed by atoms with van der Waals surface area (Å²) in [5.41, 5.74) is 4.79. The zero-order valence-electron chi connectivity index (χ0n) is 31.5. The molecule has 6 amide bonds. The number of ketones is 1. The average molecular weight is 705 g/mol. The van der Waals surface area contributed by atoms with E-state index in [9.17, 15) is 28.8 Å². The zero-order valence-corrected chi connectivity index (χ0v) is 31.5. The van der Waals surface area contributed by atoms with E-state index in [0.717, 1.165) is 38.5 Å². The van der Waals surface area contributed by atoms with E-state index in [-0.39, 0.29) is 42.6 Å². The summed E-state index contributed by atoms with van der Waals surface area (Å²) in [6, 6.07) is -3.19. The number of carbonyl (C=O) groups is 6. The van der Waals surface area contributed by atoms with Crippen LogP contribution in [0.3, 0.4) is 0 Å². The fraction of sp³-hybridized carbons (Fsp3) is 0.838. The van der Waals surface area contributed by atoms with Gasteiger partial charge in [0.2, 0.25) is 17.6 Å². The molecule has 4 fully saturated rings. The Morgan fingerprint density at radius 2 is 1.58 bits per heavy atom. The van der Waals surface area contributed by atoms with Crippen LogP contribution in [0.4, 0.5) is 9.59 Å². The third kappa shape index (κ3) is 13.1. The zero-order chi connectivity index (χ0) is 37.2. The van der Waals surface area contributed by atoms with E-state index >= 15 is 0 Å². The second-order valence-corrected chi connectivity index (χ2v) is 16.5. The van der Waals surface area contributed by atoms with Gasteiger partial charge in [0, 0.05) is 25.6 Å². The van der Waals surface area contributed by atoms with Crippen molar-refractivity contribution in [2.45, 2.75) is 143 Å². The number of rotatable bonds is 17. The fourth-order valence-electron chi connectivity index (χ4n) is 6.55. The van der Waals surface area contributed by atoms with E-state index in [0.29, 0.717) is 31.8 Å². The lowest BCUT2D eigenvalue weighted by atomic mass is 9.80. The van der Waals surface area contributed by atoms with E-state index < -0.39 is 59.3 Å². The van der Waals surface area contributed by atoms with Crippen LogP contribution >= 0.6 is 0 Å². The molecule has 0 aromatic heterocycles. The first-order valence-electron chi connectivity index (χ1n) is 18.9. The molecule has 1 aliphatic heterocycles. The molecule has 0 bridgehead atoms. The highest BCUT2D eigenvalue weighted by Crippen LogP contribution is 2.50. The lowest BCUT2D eigenvalue weighted by Gasteiger charge is -2.35. The molecule has 13 heteroatoms. The summed E-state index contributed by atoms with van der Waals surface area (Å²) in [6.07, 6.45) is 9.03. The number of hydrogen-bond donors (Lipinski definition) is 5. The van der Waals surface area contributed by atoms with Gasteiger partial charge in [-0.25, -0.2) is 9.59 Å². The van der Waals surface area contributed by atoms with Gasteiger partial charge in [0.1, 0.15) is 12.6 Å². The predicted octanol–water partition coefficient (Wildman–Crippen LogP) is 4.02. The Morgan fingerprint density at radius 3 is 2.10 bits per heavy atom. The van der Waals surface area contributed by atoms with E-state index in [2.05, 4.69) is 35.1 Å². The SMILES string of the molecule is CC(C)C[C@@H](COC(=O)NCC1CC1)NC(=O)NC(CC(=O)N1C[C@@H]2C[C@@H]2C1C(=O)NC(CC1CCC1)C(=O)C(N)=O)C(C)(C)C.CCCC. The van der Waals surface area contributed by atoms with Crippen molar-refractivity contribution in [2.75, 3.05) is 19.7 Å². The quantitative estimate of drug-likeness (QED) is 0.141. The van der Waals surface area contributed by atoms with Crippen molar-refractivity contribution < 1.29 is 33.5 Å². The number of carbonyl (C=O) groups excluding carboxylic acids is 6. The molecule has 1 saturated heterocycles. The Morgan fingerprint density at radius 1 is 0.920 bits per heavy atom. The Labute approximate surface area is 298 Å². The van der Waals surface area contributed by atoms with E-state index in [1.54, 1.807) is 4.90 Å². The number of urea groups is 1. The molecule has 13 nitrogen and oxygen atoms in total. The number of ether oxygens (including phenoxy) is 1. The maximum Gasteiger partial charge on any atom is 0.407 e. The molecule has 0 spiro atoms. The van der Waals surface area contributed by atoms with Crippen molar-refractivity contribution in [1.82, 2.24) is 26.2 Å². The highest BCUT2D eigenvalue weighted by atomic mass is 16.5. The number of Topliss-reactive ketones (excluding diaryl/α,β-unsaturated/α-hetero) is 1. The summed E-state index contributed by atoms with van der Waals surface area (Å²) >= 11 is 0. The van der Waals surface area contributed by atoms with Crippen LogP contribution in [-0.2, 0) is 23.9 Å². The van der Waals surface area contributed by atoms with Crippen LogP contribution in [0.1, 0.15) is 119 Å². The van der Waals surface area contributed by atoms with Crippen molar-refractivity contribution in [2.24, 2.45) is 40.7 Å². The predicted molar refractivity (Wildman–Crippen MR) is 191 cm³/mol. The van der Waals surface area contributed by atoms with Crippen LogP contribution < -0.4 is 27.0 Å². The van der Waals surface area contributed by atoms with Crippen LogP contribution in [0.15, 0.2) is 0 Å². The van der Waals surface area contributed by atoms with Crippen molar-refractivity contribution >= 4 is 35.6 Å². The number of nitrogens with two attached hydrogens (primary N) is 1. The van der Waals surface area contributed by atoms with Crippen LogP contribution in [-0.4, -0.2) is 84.4 Å². The molecular weight excluding hydrogens is 640 g/mol. The van der Waals surface area contributed by atoms with Gasteiger partial charge in [0.05, 0.1) is 12.1 Å². The number of likely N-dealkylation sites (tertiary alicyclic amines) is 1. The Balaban J connectivity index is 0.00000160. The number of fused-ring (bicyclic) bond motifs is 1. The summed E-state index contributed by atoms with van der Waals surface area (Å²) in [5, 5.41) is 11.4. The smallest absolute Gasteiger partial charge is 0.407 e. The van der Waals surface area contributed by atoms with Gasteiger partial charge in [0.25, 0.3) is 5.91 Å². The van der Waals surface area contributed by atoms with Gasteiger partial charge < -0.3 is 36.6 Å². The number of primary amides is 1. The summed E-state index contributed by atoms with van der Waals surface area (Å²) in [5.74, 6) is -1.37. The monoisotopic (exact) mass is 704 g/mol. The molecule has 3 unspecified atom stereocenters. The number of hydrogen-bond acceptors (Lipinski definition) is 7. The standard InChI is InChI=1S/C33H54N6O7.C4H10/c1-18(2)11-22(17-46-32(45)35-15-20-9-10-20)36-31(44)38-25(33(3,4)5)14-26(40)39-16-21-13-23(21)27(39)30(43)37-24(28(41)29(34)42)12-19-7-6-8-19;1-3-4-2/h18-25,27H,6-17H2,1-5H3,(H2,34,42)(H,35,45)(H,37,43)(H2,36,38,44);3-4H2,1-2H3/t21-,22-,23-,24?,25?,27?;/m0./s1. The molecule has 0 aromatic rings. The highest BCUT2D eigenvalue weighted by Gasteiger charge is 2.57. The summed E-state index contributed by atoms with van der Waals surface area (Å²) in [4.78, 5) is 78.5. The first-order chi connectivity index (χ1) is 23.5. The Hall–Kier alpha value is -3.38. The maximum absolute atomic E-state index is 13.8. The molecule has 284 valence electrons. The number of amides is 6. The number of unbranched alkanes of at least 4 members (excludes halogenated alkanes) is 1. The lowest BCUT2D eigenvalue weighted by molar-refractivity contribution is -0.142. The minimum absolute atomic E-state index is 0.000376. The van der Waals surface area contributed by atoms with E-state index in [4.69, 9.17) is 10.5 Å². The van der Waals surface area contributed by atoms with Crippen LogP contribution in [0, 0.1) is 35.0 Å². The molecule has 1 heterocycles. The van der Waals surface area contributed by atoms with E-state index in [1.165, 1.54) is 12.8 Å². The molecule has 0 radical (unpaired) electrons. The molecule has 50 heavy (non-hydrogen) atoms. The molecule has 3 aliphatic carbocycles. The molecule has 4 aliphatic rings. The van der Waals surface area contributed by atoms with Gasteiger partial charge in [-0.1, -0.05) is 80.6 Å². The number of alkyl carbamates (subject to hydrolysis) is 1. The highest BCUT2D eigenvalue weighted by molar-refractivity contribution is 6.37. The Bertz CT molecular complexity index is 1190. The van der Waals surface area contributed by atoms with Gasteiger partial charge in [-0.15, -0.1) is 0 Å². The van der Waals surface area contributed by atoms with Crippen LogP contribution in [0.2, 0.25) is 0 Å². The summed E-state index contributed by atoms with van der Waals surface area (Å²) in [6.45, 7) is 15.2. The molecule has 6 N–H and O–H groups in total. The largest absolute Gasteiger partial charge is 0.447 e. The first-order valence-corrected chi connectivity index (χ1v) is 18.9. The second kappa shape index (κ2) is 18.7. The maximum atomic E-state index is 13.8. The van der Waals surface area contributed by atoms with Gasteiger partial charge in [-0.2, -0.15) is 0 Å². The van der Waals surface area contributed by atoms with Crippen molar-refractivity contribution in [3.05, 3.63) is 0 Å². The van der Waals surface area contributed by atoms with Crippen LogP contribution in [0.25, 0.3) is 0 Å². The number of nitrogens with zero attached hydrogens (tertiary/aromatic N) is 1. The van der Waals surface area contributed by atoms with Crippen LogP contribution in [0.5, 0.6) is 0 Å². The van der Waals surface area contributed by atoms with Crippen molar-refractivity contribution in [3.63, 3.8) is 0 Å². The molecular formula is C37H64N6O7. The Kier molecular flexibility index (Phi) is 15.4. The topological polar surface area (TPSA) is 189 Å². The number of piperidine rings is 1. The number of nitrogens with one attached hydrogen (secondary N) is 4. The minimum Gasteiger partial charge on any atom is -0.447 e. The molecule has 4 rings (SSSR count). The van der Waals surface area contributed by atoms with Gasteiger partial charge >= 0.3 is 12.1 Å². The average Bonchev–Trinajstić information content (AvgIpc) is 3.96. The molecule has 3 saturated carbocycles. The molecule has 6 atom stereocenters. The normalized spacial score (nSPS) is 22.8. The van der Waals surface area contributed by atoms with Gasteiger partial charge in [-0.3, -0.25) is 19.2 Å².